The van der Waals surface area contributed by atoms with Gasteiger partial charge in [0.05, 0.1) is 0 Å². The highest BCUT2D eigenvalue weighted by atomic mass is 32.2. The average molecular weight is 161 g/mol. The number of carbonyl (C=O) groups is 2. The number of nitrogens with zero attached hydrogens (tertiary/aromatic N) is 1. The van der Waals surface area contributed by atoms with Gasteiger partial charge in [-0.1, -0.05) is 0 Å². The molecule has 0 bridgehead atoms. The van der Waals surface area contributed by atoms with Crippen molar-refractivity contribution in [2.24, 2.45) is 5.10 Å². The van der Waals surface area contributed by atoms with Gasteiger partial charge in [-0.05, 0) is 11.9 Å². The first-order valence-electron chi connectivity index (χ1n) is 2.36. The van der Waals surface area contributed by atoms with Crippen LogP contribution in [0.4, 0.5) is 0 Å². The molecular weight excluding hydrogens is 154 g/mol. The van der Waals surface area contributed by atoms with Crippen LogP contribution in [-0.4, -0.2) is 24.8 Å². The fraction of sp³-hybridized carbons (Fsp3) is 0.250. The van der Waals surface area contributed by atoms with Gasteiger partial charge in [-0.3, -0.25) is 19.7 Å². The normalized spacial score (nSPS) is 9.30. The molecule has 0 radical (unpaired) electrons. The second-order valence-electron chi connectivity index (χ2n) is 1.18. The number of hydrazone groups is 1. The highest BCUT2D eigenvalue weighted by Crippen LogP contribution is 1.77. The van der Waals surface area contributed by atoms with Gasteiger partial charge in [0, 0.05) is 6.26 Å². The molecule has 0 spiro atoms. The van der Waals surface area contributed by atoms with Crippen LogP contribution in [0.1, 0.15) is 0 Å². The van der Waals surface area contributed by atoms with Crippen LogP contribution in [0.5, 0.6) is 0 Å². The van der Waals surface area contributed by atoms with Gasteiger partial charge in [0.1, 0.15) is 6.21 Å². The number of hydrogen-bond donors (Lipinski definition) is 2. The molecule has 0 rings (SSSR count). The van der Waals surface area contributed by atoms with E-state index in [1.54, 1.807) is 6.26 Å². The largest absolute Gasteiger partial charge is 0.294 e. The van der Waals surface area contributed by atoms with E-state index >= 15 is 0 Å². The van der Waals surface area contributed by atoms with Crippen molar-refractivity contribution in [3.8, 4) is 0 Å². The predicted molar refractivity (Wildman–Crippen MR) is 39.3 cm³/mol. The third kappa shape index (κ3) is 5.10. The highest BCUT2D eigenvalue weighted by Gasteiger charge is 1.89. The summed E-state index contributed by atoms with van der Waals surface area (Å²) in [5.41, 5.74) is 0. The SMILES string of the molecule is CSN/N=C\C(=O)NC=O. The Balaban J connectivity index is 3.45. The Morgan fingerprint density at radius 3 is 2.90 bits per heavy atom. The van der Waals surface area contributed by atoms with Crippen LogP contribution >= 0.6 is 11.9 Å². The Morgan fingerprint density at radius 1 is 1.70 bits per heavy atom. The van der Waals surface area contributed by atoms with Crippen molar-refractivity contribution in [1.29, 1.82) is 0 Å². The number of nitrogens with one attached hydrogen (secondary N) is 2. The molecule has 0 aliphatic heterocycles. The first-order valence-corrected chi connectivity index (χ1v) is 3.59. The standard InChI is InChI=1S/C4H7N3O2S/c1-10-7-6-2-4(9)5-3-8/h2-3,7H,1H3,(H,5,8,9)/b6-2-. The van der Waals surface area contributed by atoms with Crippen LogP contribution in [0, 0.1) is 0 Å². The zero-order valence-corrected chi connectivity index (χ0v) is 6.14. The van der Waals surface area contributed by atoms with E-state index < -0.39 is 5.91 Å². The van der Waals surface area contributed by atoms with Crippen molar-refractivity contribution in [2.75, 3.05) is 6.26 Å². The summed E-state index contributed by atoms with van der Waals surface area (Å²) in [6, 6.07) is 0. The van der Waals surface area contributed by atoms with E-state index in [-0.39, 0.29) is 0 Å². The van der Waals surface area contributed by atoms with Crippen molar-refractivity contribution in [1.82, 2.24) is 10.1 Å². The average Bonchev–Trinajstić information content (AvgIpc) is 1.89. The van der Waals surface area contributed by atoms with Crippen LogP contribution in [-0.2, 0) is 9.59 Å². The molecule has 0 aromatic carbocycles. The second kappa shape index (κ2) is 6.09. The number of rotatable bonds is 4. The summed E-state index contributed by atoms with van der Waals surface area (Å²) in [5.74, 6) is -0.545. The molecule has 0 fully saturated rings. The summed E-state index contributed by atoms with van der Waals surface area (Å²) in [6.45, 7) is 0. The third-order valence-corrected chi connectivity index (χ3v) is 0.815. The Labute approximate surface area is 62.4 Å². The molecule has 2 N–H and O–H groups in total. The first-order chi connectivity index (χ1) is 4.81. The molecule has 0 heterocycles. The lowest BCUT2D eigenvalue weighted by Gasteiger charge is -1.89. The monoisotopic (exact) mass is 161 g/mol. The van der Waals surface area contributed by atoms with Crippen LogP contribution in [0.15, 0.2) is 5.10 Å². The minimum Gasteiger partial charge on any atom is -0.294 e. The Hall–Kier alpha value is -1.04. The lowest BCUT2D eigenvalue weighted by atomic mass is 10.7. The topological polar surface area (TPSA) is 70.6 Å². The summed E-state index contributed by atoms with van der Waals surface area (Å²) in [7, 11) is 0. The van der Waals surface area contributed by atoms with E-state index in [1.807, 2.05) is 5.32 Å². The molecule has 6 heteroatoms. The maximum absolute atomic E-state index is 10.4. The van der Waals surface area contributed by atoms with E-state index in [0.29, 0.717) is 6.41 Å². The molecule has 0 aromatic heterocycles. The molecule has 0 aromatic rings. The van der Waals surface area contributed by atoms with E-state index in [1.165, 1.54) is 11.9 Å². The summed E-state index contributed by atoms with van der Waals surface area (Å²) in [5, 5.41) is 5.31. The molecule has 0 saturated heterocycles. The summed E-state index contributed by atoms with van der Waals surface area (Å²) >= 11 is 1.25. The minimum absolute atomic E-state index is 0.299. The van der Waals surface area contributed by atoms with Crippen molar-refractivity contribution in [3.63, 3.8) is 0 Å². The van der Waals surface area contributed by atoms with Crippen molar-refractivity contribution in [3.05, 3.63) is 0 Å². The van der Waals surface area contributed by atoms with E-state index in [0.717, 1.165) is 6.21 Å². The fourth-order valence-electron chi connectivity index (χ4n) is 0.233. The molecule has 0 unspecified atom stereocenters. The van der Waals surface area contributed by atoms with Crippen molar-refractivity contribution in [2.45, 2.75) is 0 Å². The molecule has 5 nitrogen and oxygen atoms in total. The zero-order chi connectivity index (χ0) is 7.82. The lowest BCUT2D eigenvalue weighted by Crippen LogP contribution is -2.22. The number of amides is 2. The summed E-state index contributed by atoms with van der Waals surface area (Å²) in [4.78, 5) is 22.5. The fourth-order valence-corrected chi connectivity index (χ4v) is 0.391. The molecule has 2 amide bonds. The lowest BCUT2D eigenvalue weighted by molar-refractivity contribution is -0.120. The van der Waals surface area contributed by atoms with Crippen LogP contribution < -0.4 is 10.1 Å². The molecular formula is C4H7N3O2S. The van der Waals surface area contributed by atoms with Gasteiger partial charge in [0.2, 0.25) is 6.41 Å². The van der Waals surface area contributed by atoms with Crippen molar-refractivity contribution < 1.29 is 9.59 Å². The number of imide groups is 1. The first kappa shape index (κ1) is 8.96. The molecule has 0 atom stereocenters. The second-order valence-corrected chi connectivity index (χ2v) is 1.77. The maximum Gasteiger partial charge on any atom is 0.270 e. The summed E-state index contributed by atoms with van der Waals surface area (Å²) in [6.07, 6.45) is 3.04. The van der Waals surface area contributed by atoms with E-state index in [4.69, 9.17) is 0 Å². The summed E-state index contributed by atoms with van der Waals surface area (Å²) < 4.78 is 0. The highest BCUT2D eigenvalue weighted by molar-refractivity contribution is 7.96. The molecule has 10 heavy (non-hydrogen) atoms. The molecule has 0 saturated carbocycles. The van der Waals surface area contributed by atoms with Gasteiger partial charge < -0.3 is 0 Å². The Kier molecular flexibility index (Phi) is 5.45. The van der Waals surface area contributed by atoms with Gasteiger partial charge in [-0.15, -0.1) is 0 Å². The van der Waals surface area contributed by atoms with Gasteiger partial charge in [0.25, 0.3) is 5.91 Å². The smallest absolute Gasteiger partial charge is 0.270 e. The zero-order valence-electron chi connectivity index (χ0n) is 5.33. The van der Waals surface area contributed by atoms with Gasteiger partial charge in [0.15, 0.2) is 0 Å². The molecule has 56 valence electrons. The molecule has 0 aliphatic carbocycles. The third-order valence-electron chi connectivity index (χ3n) is 0.527. The van der Waals surface area contributed by atoms with E-state index in [9.17, 15) is 9.59 Å². The van der Waals surface area contributed by atoms with E-state index in [2.05, 4.69) is 9.93 Å². The Bertz CT molecular complexity index is 147. The predicted octanol–water partition coefficient (Wildman–Crippen LogP) is -0.888. The number of carbonyl (C=O) groups excluding carboxylic acids is 2. The van der Waals surface area contributed by atoms with Gasteiger partial charge >= 0.3 is 0 Å². The van der Waals surface area contributed by atoms with Crippen LogP contribution in [0.3, 0.4) is 0 Å². The maximum atomic E-state index is 10.4. The quantitative estimate of drug-likeness (QED) is 0.243. The minimum atomic E-state index is -0.545. The van der Waals surface area contributed by atoms with Crippen molar-refractivity contribution >= 4 is 30.5 Å². The van der Waals surface area contributed by atoms with Crippen LogP contribution in [0.2, 0.25) is 0 Å². The van der Waals surface area contributed by atoms with Gasteiger partial charge in [-0.25, -0.2) is 0 Å². The Morgan fingerprint density at radius 2 is 2.40 bits per heavy atom. The number of hydrogen-bond acceptors (Lipinski definition) is 5. The van der Waals surface area contributed by atoms with Gasteiger partial charge in [-0.2, -0.15) is 5.10 Å². The molecule has 0 aliphatic rings. The van der Waals surface area contributed by atoms with Crippen LogP contribution in [0.25, 0.3) is 0 Å².